The van der Waals surface area contributed by atoms with Gasteiger partial charge in [-0.2, -0.15) is 0 Å². The molecule has 0 saturated carbocycles. The largest absolute Gasteiger partial charge is 2.00 e. The quantitative estimate of drug-likeness (QED) is 0.378. The van der Waals surface area contributed by atoms with Crippen molar-refractivity contribution in [2.75, 3.05) is 0 Å². The summed E-state index contributed by atoms with van der Waals surface area (Å²) >= 11 is 0. The number of carboxylic acid groups (broad SMARTS) is 2. The van der Waals surface area contributed by atoms with Gasteiger partial charge in [0.25, 0.3) is 0 Å². The molecule has 0 amide bonds. The average Bonchev–Trinajstić information content (AvgIpc) is 0.811. The molecule has 0 aromatic carbocycles. The Morgan fingerprint density at radius 2 is 1.00 bits per heavy atom. The van der Waals surface area contributed by atoms with Gasteiger partial charge < -0.3 is 25.1 Å². The second kappa shape index (κ2) is 25.0. The van der Waals surface area contributed by atoms with Crippen molar-refractivity contribution < 1.29 is 15.0 Å². The van der Waals surface area contributed by atoms with E-state index in [4.69, 9.17) is 15.0 Å². The molecule has 0 heterocycles. The first-order valence-electron chi connectivity index (χ1n) is 0.651. The van der Waals surface area contributed by atoms with Crippen molar-refractivity contribution in [1.29, 1.82) is 0 Å². The van der Waals surface area contributed by atoms with Gasteiger partial charge in [-0.1, -0.05) is 0 Å². The van der Waals surface area contributed by atoms with E-state index < -0.39 is 6.16 Å². The molecule has 0 aliphatic rings. The molecular formula is C3H8Mg2O3+2. The third kappa shape index (κ3) is 356. The molecular weight excluding hydrogens is 133 g/mol. The summed E-state index contributed by atoms with van der Waals surface area (Å²) in [7, 11) is 0. The van der Waals surface area contributed by atoms with Gasteiger partial charge in [0.1, 0.15) is 0 Å². The first kappa shape index (κ1) is 37.1. The van der Waals surface area contributed by atoms with Crippen LogP contribution in [0.5, 0.6) is 0 Å². The van der Waals surface area contributed by atoms with E-state index >= 15 is 0 Å². The zero-order valence-electron chi connectivity index (χ0n) is 5.22. The van der Waals surface area contributed by atoms with Gasteiger partial charge in [0.05, 0.1) is 0 Å². The van der Waals surface area contributed by atoms with E-state index in [1.165, 1.54) is 0 Å². The molecule has 8 heavy (non-hydrogen) atoms. The third-order valence-corrected chi connectivity index (χ3v) is 0. The van der Waals surface area contributed by atoms with Gasteiger partial charge in [0.15, 0.2) is 0 Å². The van der Waals surface area contributed by atoms with Crippen LogP contribution in [0.4, 0.5) is 4.79 Å². The van der Waals surface area contributed by atoms with E-state index in [9.17, 15) is 0 Å². The Morgan fingerprint density at radius 3 is 1.00 bits per heavy atom. The summed E-state index contributed by atoms with van der Waals surface area (Å²) in [6, 6.07) is 0. The van der Waals surface area contributed by atoms with Crippen LogP contribution in [0.15, 0.2) is 0 Å². The molecule has 0 fully saturated rings. The van der Waals surface area contributed by atoms with E-state index in [0.717, 1.165) is 0 Å². The molecule has 2 N–H and O–H groups in total. The van der Waals surface area contributed by atoms with E-state index in [0.29, 0.717) is 0 Å². The summed E-state index contributed by atoms with van der Waals surface area (Å²) in [6.07, 6.45) is -1.83. The van der Waals surface area contributed by atoms with Crippen molar-refractivity contribution in [3.63, 3.8) is 0 Å². The Morgan fingerprint density at radius 1 is 1.00 bits per heavy atom. The van der Waals surface area contributed by atoms with E-state index in [2.05, 4.69) is 0 Å². The molecule has 0 spiro atoms. The molecule has 0 atom stereocenters. The molecule has 3 nitrogen and oxygen atoms in total. The summed E-state index contributed by atoms with van der Waals surface area (Å²) in [5, 5.41) is 13.9. The molecule has 0 unspecified atom stereocenters. The zero-order valence-corrected chi connectivity index (χ0v) is 8.05. The normalized spacial score (nSPS) is 3.00. The minimum absolute atomic E-state index is 0. The molecule has 0 aromatic rings. The molecule has 0 bridgehead atoms. The molecule has 0 aliphatic heterocycles. The van der Waals surface area contributed by atoms with Crippen LogP contribution in [0.3, 0.4) is 0 Å². The fourth-order valence-electron chi connectivity index (χ4n) is 0. The van der Waals surface area contributed by atoms with Crippen LogP contribution in [-0.2, 0) is 0 Å². The predicted molar refractivity (Wildman–Crippen MR) is 35.0 cm³/mol. The summed E-state index contributed by atoms with van der Waals surface area (Å²) in [5.41, 5.74) is 0. The minimum atomic E-state index is -1.83. The monoisotopic (exact) mass is 140 g/mol. The SMILES string of the molecule is O=C(O)O.[CH3-].[CH3-].[Mg+2].[Mg+2]. The standard InChI is InChI=1S/CH2O3.2CH3.2Mg/c2-1(3)4;;;;/h(H2,2,3,4);2*1H3;;/q;2*-1;2*+2. The van der Waals surface area contributed by atoms with Crippen LogP contribution in [0, 0.1) is 14.9 Å². The Kier molecular flexibility index (Phi) is 116. The predicted octanol–water partition coefficient (Wildman–Crippen LogP) is 0.361. The van der Waals surface area contributed by atoms with Crippen molar-refractivity contribution in [1.82, 2.24) is 0 Å². The first-order valence-corrected chi connectivity index (χ1v) is 0.651. The van der Waals surface area contributed by atoms with Crippen LogP contribution in [0.1, 0.15) is 0 Å². The molecule has 0 saturated heterocycles. The van der Waals surface area contributed by atoms with Gasteiger partial charge in [0.2, 0.25) is 0 Å². The minimum Gasteiger partial charge on any atom is -0.450 e. The van der Waals surface area contributed by atoms with Crippen molar-refractivity contribution >= 4 is 52.3 Å². The molecule has 40 valence electrons. The smallest absolute Gasteiger partial charge is 0.450 e. The molecule has 0 radical (unpaired) electrons. The maximum atomic E-state index is 8.56. The Hall–Kier alpha value is 0.802. The third-order valence-electron chi connectivity index (χ3n) is 0. The van der Waals surface area contributed by atoms with Crippen molar-refractivity contribution in [3.05, 3.63) is 14.9 Å². The summed E-state index contributed by atoms with van der Waals surface area (Å²) in [6.45, 7) is 0. The molecule has 0 aromatic heterocycles. The fourth-order valence-corrected chi connectivity index (χ4v) is 0. The van der Waals surface area contributed by atoms with Gasteiger partial charge in [-0.15, -0.1) is 0 Å². The Bertz CT molecular complexity index is 35.5. The van der Waals surface area contributed by atoms with Crippen LogP contribution in [0.2, 0.25) is 0 Å². The average molecular weight is 141 g/mol. The van der Waals surface area contributed by atoms with E-state index in [1.54, 1.807) is 0 Å². The van der Waals surface area contributed by atoms with Crippen LogP contribution >= 0.6 is 0 Å². The first-order chi connectivity index (χ1) is 1.73. The molecule has 0 aliphatic carbocycles. The van der Waals surface area contributed by atoms with Crippen molar-refractivity contribution in [2.45, 2.75) is 0 Å². The van der Waals surface area contributed by atoms with E-state index in [-0.39, 0.29) is 61.0 Å². The van der Waals surface area contributed by atoms with Crippen LogP contribution in [-0.4, -0.2) is 62.5 Å². The van der Waals surface area contributed by atoms with Gasteiger partial charge in [-0.3, -0.25) is 0 Å². The Balaban J connectivity index is -0.00000000750. The van der Waals surface area contributed by atoms with Crippen LogP contribution in [0.25, 0.3) is 0 Å². The summed E-state index contributed by atoms with van der Waals surface area (Å²) in [4.78, 5) is 8.56. The maximum absolute atomic E-state index is 8.56. The topological polar surface area (TPSA) is 57.5 Å². The number of carbonyl (C=O) groups is 1. The van der Waals surface area contributed by atoms with Crippen LogP contribution < -0.4 is 0 Å². The van der Waals surface area contributed by atoms with Gasteiger partial charge >= 0.3 is 52.3 Å². The van der Waals surface area contributed by atoms with Gasteiger partial charge in [-0.05, 0) is 0 Å². The Labute approximate surface area is 81.8 Å². The maximum Gasteiger partial charge on any atom is 2.00 e. The summed E-state index contributed by atoms with van der Waals surface area (Å²) in [5.74, 6) is 0. The van der Waals surface area contributed by atoms with Gasteiger partial charge in [0, 0.05) is 0 Å². The summed E-state index contributed by atoms with van der Waals surface area (Å²) < 4.78 is 0. The fraction of sp³-hybridized carbons (Fsp3) is 0. The van der Waals surface area contributed by atoms with Crippen molar-refractivity contribution in [2.24, 2.45) is 0 Å². The zero-order chi connectivity index (χ0) is 3.58. The van der Waals surface area contributed by atoms with Gasteiger partial charge in [-0.25, -0.2) is 4.79 Å². The second-order valence-corrected chi connectivity index (χ2v) is 0.283. The van der Waals surface area contributed by atoms with E-state index in [1.807, 2.05) is 0 Å². The van der Waals surface area contributed by atoms with Crippen molar-refractivity contribution in [3.8, 4) is 0 Å². The second-order valence-electron chi connectivity index (χ2n) is 0.283. The molecule has 5 heteroatoms. The number of hydrogen-bond acceptors (Lipinski definition) is 1. The molecule has 0 rings (SSSR count). The number of rotatable bonds is 0. The number of hydrogen-bond donors (Lipinski definition) is 2.